The molecule has 36 heavy (non-hydrogen) atoms. The average Bonchev–Trinajstić information content (AvgIpc) is 2.88. The predicted molar refractivity (Wildman–Crippen MR) is 142 cm³/mol. The highest BCUT2D eigenvalue weighted by Crippen LogP contribution is 2.42. The summed E-state index contributed by atoms with van der Waals surface area (Å²) in [5.41, 5.74) is 5.06. The van der Waals surface area contributed by atoms with Crippen molar-refractivity contribution in [2.75, 3.05) is 26.8 Å². The summed E-state index contributed by atoms with van der Waals surface area (Å²) in [4.78, 5) is 15.1. The zero-order chi connectivity index (χ0) is 26.1. The molecule has 204 valence electrons. The second-order valence-corrected chi connectivity index (χ2v) is 11.3. The molecule has 0 bridgehead atoms. The number of amides is 2. The van der Waals surface area contributed by atoms with Crippen LogP contribution in [0.15, 0.2) is 18.2 Å². The number of urea groups is 1. The minimum Gasteiger partial charge on any atom is -0.385 e. The van der Waals surface area contributed by atoms with E-state index in [2.05, 4.69) is 5.32 Å². The van der Waals surface area contributed by atoms with Gasteiger partial charge in [-0.15, -0.1) is 0 Å². The summed E-state index contributed by atoms with van der Waals surface area (Å²) in [6.07, 6.45) is 10.3. The topological polar surface area (TPSA) is 87.8 Å². The number of carbonyl (C=O) groups excluding carboxylic acids is 1. The molecule has 4 atom stereocenters. The van der Waals surface area contributed by atoms with Gasteiger partial charge in [0.15, 0.2) is 0 Å². The van der Waals surface area contributed by atoms with Crippen molar-refractivity contribution in [3.63, 3.8) is 0 Å². The molecule has 6 nitrogen and oxygen atoms in total. The Morgan fingerprint density at radius 1 is 1.28 bits per heavy atom. The molecular weight excluding hydrogens is 481 g/mol. The molecule has 1 aliphatic carbocycles. The number of aliphatic hydroxyl groups is 1. The number of piperidine rings is 1. The molecule has 2 aliphatic rings. The first-order chi connectivity index (χ1) is 17.3. The van der Waals surface area contributed by atoms with Crippen molar-refractivity contribution < 1.29 is 19.0 Å². The van der Waals surface area contributed by atoms with Gasteiger partial charge in [-0.05, 0) is 57.4 Å². The molecule has 8 heteroatoms. The number of unbranched alkanes of at least 4 members (excludes halogenated alkanes) is 1. The minimum absolute atomic E-state index is 0.00397. The molecule has 1 aliphatic heterocycles. The smallest absolute Gasteiger partial charge is 0.317 e. The lowest BCUT2D eigenvalue weighted by Crippen LogP contribution is -2.55. The lowest BCUT2D eigenvalue weighted by atomic mass is 9.74. The van der Waals surface area contributed by atoms with Crippen LogP contribution in [0.4, 0.5) is 9.18 Å². The van der Waals surface area contributed by atoms with Crippen LogP contribution in [0.3, 0.4) is 0 Å². The van der Waals surface area contributed by atoms with Gasteiger partial charge in [0.1, 0.15) is 5.82 Å². The number of rotatable bonds is 11. The van der Waals surface area contributed by atoms with E-state index in [-0.39, 0.29) is 34.6 Å². The average molecular weight is 526 g/mol. The summed E-state index contributed by atoms with van der Waals surface area (Å²) in [5.74, 6) is -0.286. The third-order valence-electron chi connectivity index (χ3n) is 8.21. The number of nitrogens with zero attached hydrogens (tertiary/aromatic N) is 1. The van der Waals surface area contributed by atoms with E-state index in [0.717, 1.165) is 19.3 Å². The van der Waals surface area contributed by atoms with Gasteiger partial charge < -0.3 is 25.8 Å². The number of nitrogens with one attached hydrogen (secondary N) is 1. The van der Waals surface area contributed by atoms with E-state index < -0.39 is 11.4 Å². The van der Waals surface area contributed by atoms with Gasteiger partial charge in [0.2, 0.25) is 0 Å². The summed E-state index contributed by atoms with van der Waals surface area (Å²) in [7, 11) is 1.64. The van der Waals surface area contributed by atoms with Crippen LogP contribution in [0.25, 0.3) is 0 Å². The van der Waals surface area contributed by atoms with Crippen molar-refractivity contribution in [2.24, 2.45) is 17.6 Å². The third-order valence-corrected chi connectivity index (χ3v) is 8.51. The fourth-order valence-corrected chi connectivity index (χ4v) is 6.20. The second-order valence-electron chi connectivity index (χ2n) is 10.9. The normalized spacial score (nSPS) is 22.6. The van der Waals surface area contributed by atoms with Crippen LogP contribution in [-0.4, -0.2) is 54.9 Å². The monoisotopic (exact) mass is 525 g/mol. The molecule has 1 aromatic rings. The molecule has 0 aromatic heterocycles. The number of ether oxygens (including phenoxy) is 1. The van der Waals surface area contributed by atoms with Gasteiger partial charge in [-0.25, -0.2) is 9.18 Å². The SMILES string of the molecule is COCCCC[C@@](O)(c1cccc(Cl)c1F)[C@@H]1CCCN(C(=O)N[C@@H](CC2CCCCC2)[C@H](C)N)C1. The molecule has 0 unspecified atom stereocenters. The van der Waals surface area contributed by atoms with Crippen LogP contribution in [0.1, 0.15) is 83.1 Å². The summed E-state index contributed by atoms with van der Waals surface area (Å²) < 4.78 is 20.3. The molecule has 1 saturated heterocycles. The summed E-state index contributed by atoms with van der Waals surface area (Å²) in [5, 5.41) is 15.2. The first-order valence-electron chi connectivity index (χ1n) is 13.7. The molecular formula is C28H45ClFN3O3. The number of methoxy groups -OCH3 is 1. The molecule has 2 amide bonds. The van der Waals surface area contributed by atoms with Gasteiger partial charge in [0.05, 0.1) is 10.6 Å². The van der Waals surface area contributed by atoms with E-state index in [1.165, 1.54) is 38.2 Å². The zero-order valence-electron chi connectivity index (χ0n) is 22.0. The van der Waals surface area contributed by atoms with Crippen molar-refractivity contribution in [3.8, 4) is 0 Å². The molecule has 1 aromatic carbocycles. The van der Waals surface area contributed by atoms with Gasteiger partial charge in [-0.1, -0.05) is 55.8 Å². The Hall–Kier alpha value is -1.41. The van der Waals surface area contributed by atoms with E-state index in [0.29, 0.717) is 44.9 Å². The Bertz CT molecular complexity index is 836. The number of nitrogens with two attached hydrogens (primary N) is 1. The summed E-state index contributed by atoms with van der Waals surface area (Å²) in [6.45, 7) is 3.49. The number of halogens is 2. The van der Waals surface area contributed by atoms with E-state index in [4.69, 9.17) is 22.1 Å². The molecule has 0 radical (unpaired) electrons. The van der Waals surface area contributed by atoms with Crippen molar-refractivity contribution in [1.29, 1.82) is 0 Å². The quantitative estimate of drug-likeness (QED) is 0.328. The molecule has 0 spiro atoms. The number of hydrogen-bond donors (Lipinski definition) is 3. The number of hydrogen-bond acceptors (Lipinski definition) is 4. The van der Waals surface area contributed by atoms with Gasteiger partial charge in [0.25, 0.3) is 0 Å². The van der Waals surface area contributed by atoms with E-state index in [1.807, 2.05) is 6.92 Å². The van der Waals surface area contributed by atoms with E-state index in [1.54, 1.807) is 24.1 Å². The largest absolute Gasteiger partial charge is 0.385 e. The van der Waals surface area contributed by atoms with Gasteiger partial charge in [0, 0.05) is 50.4 Å². The van der Waals surface area contributed by atoms with Gasteiger partial charge >= 0.3 is 6.03 Å². The Labute approximate surface area is 221 Å². The first-order valence-corrected chi connectivity index (χ1v) is 14.1. The first kappa shape index (κ1) is 29.2. The fourth-order valence-electron chi connectivity index (χ4n) is 6.03. The molecule has 1 heterocycles. The highest BCUT2D eigenvalue weighted by molar-refractivity contribution is 6.30. The maximum Gasteiger partial charge on any atom is 0.317 e. The zero-order valence-corrected chi connectivity index (χ0v) is 22.7. The van der Waals surface area contributed by atoms with Crippen LogP contribution in [0, 0.1) is 17.7 Å². The molecule has 3 rings (SSSR count). The third kappa shape index (κ3) is 7.56. The Morgan fingerprint density at radius 2 is 2.03 bits per heavy atom. The molecule has 2 fully saturated rings. The predicted octanol–water partition coefficient (Wildman–Crippen LogP) is 5.59. The maximum absolute atomic E-state index is 15.1. The maximum atomic E-state index is 15.1. The van der Waals surface area contributed by atoms with Crippen molar-refractivity contribution in [1.82, 2.24) is 10.2 Å². The van der Waals surface area contributed by atoms with E-state index in [9.17, 15) is 9.90 Å². The summed E-state index contributed by atoms with van der Waals surface area (Å²) in [6, 6.07) is 4.41. The van der Waals surface area contributed by atoms with Crippen LogP contribution in [0.2, 0.25) is 5.02 Å². The molecule has 4 N–H and O–H groups in total. The van der Waals surface area contributed by atoms with Crippen molar-refractivity contribution >= 4 is 17.6 Å². The number of likely N-dealkylation sites (tertiary alicyclic amines) is 1. The Kier molecular flexibility index (Phi) is 11.3. The van der Waals surface area contributed by atoms with Crippen LogP contribution in [-0.2, 0) is 10.3 Å². The van der Waals surface area contributed by atoms with Crippen LogP contribution < -0.4 is 11.1 Å². The fraction of sp³-hybridized carbons (Fsp3) is 0.750. The highest BCUT2D eigenvalue weighted by Gasteiger charge is 2.43. The molecule has 1 saturated carbocycles. The lowest BCUT2D eigenvalue weighted by molar-refractivity contribution is -0.0588. The van der Waals surface area contributed by atoms with Crippen molar-refractivity contribution in [2.45, 2.75) is 95.2 Å². The Balaban J connectivity index is 1.73. The highest BCUT2D eigenvalue weighted by atomic mass is 35.5. The second kappa shape index (κ2) is 13.9. The van der Waals surface area contributed by atoms with Crippen LogP contribution >= 0.6 is 11.6 Å². The number of benzene rings is 1. The van der Waals surface area contributed by atoms with Gasteiger partial charge in [-0.3, -0.25) is 0 Å². The van der Waals surface area contributed by atoms with Crippen LogP contribution in [0.5, 0.6) is 0 Å². The Morgan fingerprint density at radius 3 is 2.72 bits per heavy atom. The number of carbonyl (C=O) groups is 1. The van der Waals surface area contributed by atoms with Crippen molar-refractivity contribution in [3.05, 3.63) is 34.6 Å². The summed E-state index contributed by atoms with van der Waals surface area (Å²) >= 11 is 6.10. The van der Waals surface area contributed by atoms with Gasteiger partial charge in [-0.2, -0.15) is 0 Å². The minimum atomic E-state index is -1.43. The standard InChI is InChI=1S/C28H45ClFN3O3/c1-20(31)25(18-21-10-4-3-5-11-21)32-27(34)33-16-9-12-22(19-33)28(35,15-6-7-17-36-2)23-13-8-14-24(29)26(23)30/h8,13-14,20-22,25,35H,3-7,9-12,15-19,31H2,1-2H3,(H,32,34)/t20-,22+,25-,28-/m0/s1. The van der Waals surface area contributed by atoms with E-state index >= 15 is 4.39 Å². The lowest BCUT2D eigenvalue weighted by Gasteiger charge is -2.43.